The van der Waals surface area contributed by atoms with Gasteiger partial charge in [-0.25, -0.2) is 18.3 Å². The van der Waals surface area contributed by atoms with E-state index in [4.69, 9.17) is 15.5 Å². The zero-order valence-electron chi connectivity index (χ0n) is 19.2. The van der Waals surface area contributed by atoms with Gasteiger partial charge in [0.15, 0.2) is 11.5 Å². The van der Waals surface area contributed by atoms with Crippen molar-refractivity contribution >= 4 is 23.0 Å². The second-order valence-electron chi connectivity index (χ2n) is 8.98. The van der Waals surface area contributed by atoms with Crippen LogP contribution in [0.2, 0.25) is 0 Å². The summed E-state index contributed by atoms with van der Waals surface area (Å²) >= 11 is 0. The van der Waals surface area contributed by atoms with Crippen LogP contribution in [0.3, 0.4) is 0 Å². The van der Waals surface area contributed by atoms with Crippen molar-refractivity contribution in [3.63, 3.8) is 0 Å². The van der Waals surface area contributed by atoms with Crippen molar-refractivity contribution in [3.05, 3.63) is 71.9 Å². The number of nitrogens with zero attached hydrogens (tertiary/aromatic N) is 5. The molecule has 9 heteroatoms. The molecule has 2 aromatic heterocycles. The van der Waals surface area contributed by atoms with Gasteiger partial charge in [-0.05, 0) is 54.8 Å². The molecule has 0 radical (unpaired) electrons. The lowest BCUT2D eigenvalue weighted by Crippen LogP contribution is -2.36. The van der Waals surface area contributed by atoms with Gasteiger partial charge in [0.1, 0.15) is 17.5 Å². The van der Waals surface area contributed by atoms with Crippen LogP contribution in [-0.4, -0.2) is 47.4 Å². The third-order valence-corrected chi connectivity index (χ3v) is 6.87. The number of hydrogen-bond donors (Lipinski definition) is 1. The number of hydrogen-bond acceptors (Lipinski definition) is 6. The molecule has 2 N–H and O–H groups in total. The zero-order chi connectivity index (χ0) is 23.9. The van der Waals surface area contributed by atoms with E-state index in [1.54, 1.807) is 4.52 Å². The van der Waals surface area contributed by atoms with Crippen molar-refractivity contribution in [2.75, 3.05) is 48.4 Å². The molecule has 2 aliphatic rings. The van der Waals surface area contributed by atoms with E-state index in [1.807, 2.05) is 29.3 Å². The molecule has 0 spiro atoms. The van der Waals surface area contributed by atoms with Gasteiger partial charge in [-0.3, -0.25) is 0 Å². The summed E-state index contributed by atoms with van der Waals surface area (Å²) in [6.45, 7) is 3.79. The molecule has 4 aromatic rings. The predicted octanol–water partition coefficient (Wildman–Crippen LogP) is 4.43. The SMILES string of the molecule is Nc1nn2ccc(N3CCCC3c3cc(F)ccc3F)nc2c1-c1cccc(N2CCOCC2)c1. The molecule has 0 bridgehead atoms. The lowest BCUT2D eigenvalue weighted by atomic mass is 10.0. The summed E-state index contributed by atoms with van der Waals surface area (Å²) in [6.07, 6.45) is 3.41. The van der Waals surface area contributed by atoms with Gasteiger partial charge in [-0.2, -0.15) is 0 Å². The van der Waals surface area contributed by atoms with Crippen molar-refractivity contribution in [2.24, 2.45) is 0 Å². The Morgan fingerprint density at radius 1 is 1.00 bits per heavy atom. The van der Waals surface area contributed by atoms with Crippen LogP contribution in [0.4, 0.5) is 26.1 Å². The van der Waals surface area contributed by atoms with E-state index in [1.165, 1.54) is 12.1 Å². The fourth-order valence-electron chi connectivity index (χ4n) is 5.19. The number of benzene rings is 2. The molecule has 0 aliphatic carbocycles. The Morgan fingerprint density at radius 2 is 1.86 bits per heavy atom. The number of morpholine rings is 1. The Kier molecular flexibility index (Phi) is 5.49. The van der Waals surface area contributed by atoms with Crippen LogP contribution >= 0.6 is 0 Å². The van der Waals surface area contributed by atoms with Gasteiger partial charge >= 0.3 is 0 Å². The molecule has 2 aromatic carbocycles. The first kappa shape index (κ1) is 21.8. The Labute approximate surface area is 201 Å². The minimum atomic E-state index is -0.442. The molecule has 2 aliphatic heterocycles. The summed E-state index contributed by atoms with van der Waals surface area (Å²) in [7, 11) is 0. The van der Waals surface area contributed by atoms with Gasteiger partial charge in [-0.15, -0.1) is 5.10 Å². The van der Waals surface area contributed by atoms with Crippen molar-refractivity contribution in [1.29, 1.82) is 0 Å². The van der Waals surface area contributed by atoms with Gasteiger partial charge in [0.25, 0.3) is 0 Å². The maximum atomic E-state index is 14.6. The largest absolute Gasteiger partial charge is 0.382 e. The molecule has 1 atom stereocenters. The van der Waals surface area contributed by atoms with Gasteiger partial charge in [0.2, 0.25) is 0 Å². The molecule has 0 amide bonds. The minimum absolute atomic E-state index is 0.283. The molecule has 0 saturated carbocycles. The average Bonchev–Trinajstić information content (AvgIpc) is 3.49. The zero-order valence-corrected chi connectivity index (χ0v) is 19.2. The van der Waals surface area contributed by atoms with Crippen molar-refractivity contribution in [3.8, 4) is 11.1 Å². The summed E-state index contributed by atoms with van der Waals surface area (Å²) in [5.41, 5.74) is 10.1. The first-order valence-electron chi connectivity index (χ1n) is 11.9. The van der Waals surface area contributed by atoms with Crippen LogP contribution < -0.4 is 15.5 Å². The lowest BCUT2D eigenvalue weighted by molar-refractivity contribution is 0.122. The Bertz CT molecular complexity index is 1380. The fraction of sp³-hybridized carbons (Fsp3) is 0.308. The summed E-state index contributed by atoms with van der Waals surface area (Å²) in [5.74, 6) is 0.235. The van der Waals surface area contributed by atoms with Crippen LogP contribution in [0.1, 0.15) is 24.4 Å². The van der Waals surface area contributed by atoms with E-state index >= 15 is 0 Å². The topological polar surface area (TPSA) is 71.9 Å². The number of anilines is 3. The smallest absolute Gasteiger partial charge is 0.167 e. The molecule has 1 unspecified atom stereocenters. The number of fused-ring (bicyclic) bond motifs is 1. The van der Waals surface area contributed by atoms with Crippen LogP contribution in [-0.2, 0) is 4.74 Å². The number of aromatic nitrogens is 3. The van der Waals surface area contributed by atoms with Crippen LogP contribution in [0, 0.1) is 11.6 Å². The van der Waals surface area contributed by atoms with Gasteiger partial charge in [-0.1, -0.05) is 12.1 Å². The second kappa shape index (κ2) is 8.81. The van der Waals surface area contributed by atoms with E-state index in [9.17, 15) is 8.78 Å². The number of nitrogen functional groups attached to an aromatic ring is 1. The summed E-state index contributed by atoms with van der Waals surface area (Å²) in [4.78, 5) is 9.25. The van der Waals surface area contributed by atoms with E-state index in [2.05, 4.69) is 22.1 Å². The van der Waals surface area contributed by atoms with Crippen LogP contribution in [0.5, 0.6) is 0 Å². The van der Waals surface area contributed by atoms with Gasteiger partial charge < -0.3 is 20.3 Å². The molecule has 6 rings (SSSR count). The van der Waals surface area contributed by atoms with Gasteiger partial charge in [0.05, 0.1) is 24.8 Å². The third kappa shape index (κ3) is 3.95. The maximum absolute atomic E-state index is 14.6. The molecular formula is C26H26F2N6O. The molecule has 7 nitrogen and oxygen atoms in total. The van der Waals surface area contributed by atoms with Crippen LogP contribution in [0.15, 0.2) is 54.7 Å². The normalized spacial score (nSPS) is 18.5. The second-order valence-corrected chi connectivity index (χ2v) is 8.98. The molecule has 2 saturated heterocycles. The van der Waals surface area contributed by atoms with Gasteiger partial charge in [0, 0.05) is 37.1 Å². The molecule has 180 valence electrons. The quantitative estimate of drug-likeness (QED) is 0.470. The van der Waals surface area contributed by atoms with E-state index in [-0.39, 0.29) is 6.04 Å². The van der Waals surface area contributed by atoms with E-state index < -0.39 is 11.6 Å². The van der Waals surface area contributed by atoms with E-state index in [0.717, 1.165) is 48.8 Å². The molecule has 35 heavy (non-hydrogen) atoms. The standard InChI is InChI=1S/C26H26F2N6O/c27-18-6-7-21(28)20(16-18)22-5-2-9-33(22)23-8-10-34-26(30-23)24(25(29)31-34)17-3-1-4-19(15-17)32-11-13-35-14-12-32/h1,3-4,6-8,10,15-16,22H,2,5,9,11-14H2,(H2,29,31). The number of rotatable bonds is 4. The fourth-order valence-corrected chi connectivity index (χ4v) is 5.19. The Morgan fingerprint density at radius 3 is 2.71 bits per heavy atom. The highest BCUT2D eigenvalue weighted by atomic mass is 19.1. The first-order valence-corrected chi connectivity index (χ1v) is 11.9. The maximum Gasteiger partial charge on any atom is 0.167 e. The number of halogens is 2. The summed E-state index contributed by atoms with van der Waals surface area (Å²) in [5, 5.41) is 4.47. The lowest BCUT2D eigenvalue weighted by Gasteiger charge is -2.29. The minimum Gasteiger partial charge on any atom is -0.382 e. The Hall–Kier alpha value is -3.72. The molecule has 2 fully saturated rings. The third-order valence-electron chi connectivity index (χ3n) is 6.87. The van der Waals surface area contributed by atoms with E-state index in [0.29, 0.717) is 42.6 Å². The highest BCUT2D eigenvalue weighted by Crippen LogP contribution is 2.38. The number of ether oxygens (including phenoxy) is 1. The highest BCUT2D eigenvalue weighted by molar-refractivity contribution is 5.88. The van der Waals surface area contributed by atoms with Crippen molar-refractivity contribution in [1.82, 2.24) is 14.6 Å². The van der Waals surface area contributed by atoms with Crippen molar-refractivity contribution < 1.29 is 13.5 Å². The van der Waals surface area contributed by atoms with Crippen molar-refractivity contribution in [2.45, 2.75) is 18.9 Å². The first-order chi connectivity index (χ1) is 17.1. The molecular weight excluding hydrogens is 450 g/mol. The predicted molar refractivity (Wildman–Crippen MR) is 132 cm³/mol. The number of nitrogens with two attached hydrogens (primary N) is 1. The molecule has 4 heterocycles. The highest BCUT2D eigenvalue weighted by Gasteiger charge is 2.30. The average molecular weight is 477 g/mol. The summed E-state index contributed by atoms with van der Waals surface area (Å²) < 4.78 is 35.7. The summed E-state index contributed by atoms with van der Waals surface area (Å²) in [6, 6.07) is 13.4. The van der Waals surface area contributed by atoms with Crippen LogP contribution in [0.25, 0.3) is 16.8 Å². The Balaban J connectivity index is 1.40. The monoisotopic (exact) mass is 476 g/mol.